The van der Waals surface area contributed by atoms with Gasteiger partial charge in [-0.1, -0.05) is 11.6 Å². The lowest BCUT2D eigenvalue weighted by molar-refractivity contribution is 0.0924. The van der Waals surface area contributed by atoms with E-state index in [1.807, 2.05) is 25.1 Å². The average molecular weight is 261 g/mol. The van der Waals surface area contributed by atoms with E-state index in [-0.39, 0.29) is 12.0 Å². The van der Waals surface area contributed by atoms with E-state index in [9.17, 15) is 4.79 Å². The van der Waals surface area contributed by atoms with Crippen molar-refractivity contribution in [3.8, 4) is 0 Å². The predicted octanol–water partition coefficient (Wildman–Crippen LogP) is 2.63. The van der Waals surface area contributed by atoms with E-state index in [1.54, 1.807) is 13.0 Å². The number of rotatable bonds is 5. The van der Waals surface area contributed by atoms with E-state index >= 15 is 0 Å². The number of furan rings is 1. The molecule has 1 atom stereocenters. The highest BCUT2D eigenvalue weighted by Gasteiger charge is 2.11. The van der Waals surface area contributed by atoms with E-state index in [1.165, 1.54) is 0 Å². The number of carbonyl (C=O) groups excluding carboxylic acids is 1. The fourth-order valence-corrected chi connectivity index (χ4v) is 1.96. The Bertz CT molecular complexity index is 572. The van der Waals surface area contributed by atoms with E-state index in [2.05, 4.69) is 5.32 Å². The van der Waals surface area contributed by atoms with Crippen LogP contribution in [0.1, 0.15) is 35.9 Å². The molecule has 1 aromatic heterocycles. The molecule has 2 N–H and O–H groups in total. The van der Waals surface area contributed by atoms with Crippen molar-refractivity contribution in [2.75, 3.05) is 6.54 Å². The second-order valence-corrected chi connectivity index (χ2v) is 4.90. The van der Waals surface area contributed by atoms with Crippen molar-refractivity contribution in [3.05, 3.63) is 35.6 Å². The lowest BCUT2D eigenvalue weighted by Crippen LogP contribution is -2.24. The highest BCUT2D eigenvalue weighted by Crippen LogP contribution is 2.20. The molecule has 102 valence electrons. The third kappa shape index (κ3) is 3.58. The molecule has 2 rings (SSSR count). The first-order chi connectivity index (χ1) is 9.06. The van der Waals surface area contributed by atoms with Crippen LogP contribution in [0.25, 0.3) is 11.0 Å². The van der Waals surface area contributed by atoms with Crippen molar-refractivity contribution < 1.29 is 14.3 Å². The molecule has 0 aliphatic rings. The Morgan fingerprint density at radius 2 is 2.21 bits per heavy atom. The predicted molar refractivity (Wildman–Crippen MR) is 74.2 cm³/mol. The number of nitrogens with one attached hydrogen (secondary N) is 1. The summed E-state index contributed by atoms with van der Waals surface area (Å²) in [7, 11) is 0. The molecular formula is C15H19NO3. The minimum Gasteiger partial charge on any atom is -0.451 e. The number of amides is 1. The molecule has 1 amide bonds. The Labute approximate surface area is 112 Å². The Morgan fingerprint density at radius 1 is 1.42 bits per heavy atom. The molecule has 1 aromatic carbocycles. The van der Waals surface area contributed by atoms with Crippen molar-refractivity contribution in [1.82, 2.24) is 5.32 Å². The van der Waals surface area contributed by atoms with Gasteiger partial charge in [-0.05, 0) is 44.9 Å². The van der Waals surface area contributed by atoms with Gasteiger partial charge in [0.05, 0.1) is 6.10 Å². The van der Waals surface area contributed by atoms with Gasteiger partial charge in [0.15, 0.2) is 5.76 Å². The van der Waals surface area contributed by atoms with Gasteiger partial charge in [-0.25, -0.2) is 0 Å². The van der Waals surface area contributed by atoms with Crippen molar-refractivity contribution in [1.29, 1.82) is 0 Å². The number of aliphatic hydroxyl groups excluding tert-OH is 1. The van der Waals surface area contributed by atoms with Crippen LogP contribution in [0.15, 0.2) is 28.7 Å². The quantitative estimate of drug-likeness (QED) is 0.813. The standard InChI is InChI=1S/C15H19NO3/c1-10-5-6-13-12(8-10)9-14(19-13)15(18)16-7-3-4-11(2)17/h5-6,8-9,11,17H,3-4,7H2,1-2H3,(H,16,18). The van der Waals surface area contributed by atoms with Gasteiger partial charge in [-0.3, -0.25) is 4.79 Å². The second kappa shape index (κ2) is 5.89. The number of carbonyl (C=O) groups is 1. The van der Waals surface area contributed by atoms with Crippen LogP contribution < -0.4 is 5.32 Å². The summed E-state index contributed by atoms with van der Waals surface area (Å²) < 4.78 is 5.50. The molecule has 1 unspecified atom stereocenters. The van der Waals surface area contributed by atoms with Crippen LogP contribution >= 0.6 is 0 Å². The zero-order valence-electron chi connectivity index (χ0n) is 11.3. The maximum atomic E-state index is 11.9. The lowest BCUT2D eigenvalue weighted by Gasteiger charge is -2.04. The summed E-state index contributed by atoms with van der Waals surface area (Å²) in [4.78, 5) is 11.9. The number of aryl methyl sites for hydroxylation is 1. The fraction of sp³-hybridized carbons (Fsp3) is 0.400. The molecule has 4 nitrogen and oxygen atoms in total. The smallest absolute Gasteiger partial charge is 0.287 e. The van der Waals surface area contributed by atoms with E-state index in [0.29, 0.717) is 18.7 Å². The van der Waals surface area contributed by atoms with Gasteiger partial charge in [-0.2, -0.15) is 0 Å². The number of benzene rings is 1. The molecule has 0 saturated carbocycles. The maximum Gasteiger partial charge on any atom is 0.287 e. The monoisotopic (exact) mass is 261 g/mol. The van der Waals surface area contributed by atoms with Crippen molar-refractivity contribution in [2.45, 2.75) is 32.8 Å². The van der Waals surface area contributed by atoms with Gasteiger partial charge < -0.3 is 14.8 Å². The van der Waals surface area contributed by atoms with Gasteiger partial charge in [0.2, 0.25) is 0 Å². The number of hydrogen-bond acceptors (Lipinski definition) is 3. The highest BCUT2D eigenvalue weighted by atomic mass is 16.3. The molecule has 0 fully saturated rings. The molecule has 0 aliphatic heterocycles. The summed E-state index contributed by atoms with van der Waals surface area (Å²) in [5.41, 5.74) is 1.86. The molecule has 0 radical (unpaired) electrons. The van der Waals surface area contributed by atoms with Gasteiger partial charge >= 0.3 is 0 Å². The van der Waals surface area contributed by atoms with Crippen LogP contribution in [0.3, 0.4) is 0 Å². The second-order valence-electron chi connectivity index (χ2n) is 4.90. The first kappa shape index (κ1) is 13.6. The molecule has 19 heavy (non-hydrogen) atoms. The first-order valence-corrected chi connectivity index (χ1v) is 6.53. The van der Waals surface area contributed by atoms with Crippen LogP contribution in [0.4, 0.5) is 0 Å². The van der Waals surface area contributed by atoms with Crippen molar-refractivity contribution in [2.24, 2.45) is 0 Å². The summed E-state index contributed by atoms with van der Waals surface area (Å²) in [6, 6.07) is 7.57. The third-order valence-electron chi connectivity index (χ3n) is 2.98. The highest BCUT2D eigenvalue weighted by molar-refractivity contribution is 5.96. The maximum absolute atomic E-state index is 11.9. The van der Waals surface area contributed by atoms with Gasteiger partial charge in [-0.15, -0.1) is 0 Å². The largest absolute Gasteiger partial charge is 0.451 e. The van der Waals surface area contributed by atoms with Crippen LogP contribution in [0, 0.1) is 6.92 Å². The lowest BCUT2D eigenvalue weighted by atomic mass is 10.2. The van der Waals surface area contributed by atoms with Gasteiger partial charge in [0.1, 0.15) is 5.58 Å². The summed E-state index contributed by atoms with van der Waals surface area (Å²) in [6.07, 6.45) is 1.11. The third-order valence-corrected chi connectivity index (χ3v) is 2.98. The van der Waals surface area contributed by atoms with Gasteiger partial charge in [0.25, 0.3) is 5.91 Å². The number of hydrogen-bond donors (Lipinski definition) is 2. The van der Waals surface area contributed by atoms with Crippen molar-refractivity contribution >= 4 is 16.9 Å². The Morgan fingerprint density at radius 3 is 2.95 bits per heavy atom. The van der Waals surface area contributed by atoms with Crippen LogP contribution in [0.2, 0.25) is 0 Å². The SMILES string of the molecule is Cc1ccc2oc(C(=O)NCCCC(C)O)cc2c1. The van der Waals surface area contributed by atoms with E-state index in [0.717, 1.165) is 23.0 Å². The fourth-order valence-electron chi connectivity index (χ4n) is 1.96. The van der Waals surface area contributed by atoms with E-state index < -0.39 is 0 Å². The van der Waals surface area contributed by atoms with Crippen LogP contribution in [-0.2, 0) is 0 Å². The molecule has 0 aliphatic carbocycles. The Balaban J connectivity index is 1.97. The zero-order chi connectivity index (χ0) is 13.8. The van der Waals surface area contributed by atoms with Crippen LogP contribution in [0.5, 0.6) is 0 Å². The Hall–Kier alpha value is -1.81. The molecule has 0 spiro atoms. The summed E-state index contributed by atoms with van der Waals surface area (Å²) in [6.45, 7) is 4.28. The molecule has 1 heterocycles. The minimum atomic E-state index is -0.328. The van der Waals surface area contributed by atoms with Crippen LogP contribution in [-0.4, -0.2) is 23.7 Å². The average Bonchev–Trinajstić information content (AvgIpc) is 2.77. The molecule has 0 bridgehead atoms. The number of fused-ring (bicyclic) bond motifs is 1. The molecule has 0 saturated heterocycles. The number of aliphatic hydroxyl groups is 1. The topological polar surface area (TPSA) is 62.5 Å². The molecular weight excluding hydrogens is 242 g/mol. The molecule has 4 heteroatoms. The normalized spacial score (nSPS) is 12.6. The van der Waals surface area contributed by atoms with Gasteiger partial charge in [0, 0.05) is 11.9 Å². The van der Waals surface area contributed by atoms with E-state index in [4.69, 9.17) is 9.52 Å². The summed E-state index contributed by atoms with van der Waals surface area (Å²) in [5, 5.41) is 12.8. The van der Waals surface area contributed by atoms with Crippen molar-refractivity contribution in [3.63, 3.8) is 0 Å². The Kier molecular flexibility index (Phi) is 4.22. The minimum absolute atomic E-state index is 0.209. The summed E-state index contributed by atoms with van der Waals surface area (Å²) in [5.74, 6) is 0.122. The zero-order valence-corrected chi connectivity index (χ0v) is 11.3. The molecule has 2 aromatic rings. The summed E-state index contributed by atoms with van der Waals surface area (Å²) >= 11 is 0. The first-order valence-electron chi connectivity index (χ1n) is 6.53.